The molecule has 1 aliphatic heterocycles. The van der Waals surface area contributed by atoms with Gasteiger partial charge in [-0.05, 0) is 44.4 Å². The molecule has 2 rings (SSSR count). The van der Waals surface area contributed by atoms with Gasteiger partial charge in [-0.2, -0.15) is 0 Å². The Bertz CT molecular complexity index is 725. The Morgan fingerprint density at radius 2 is 2.07 bits per heavy atom. The third kappa shape index (κ3) is 8.28. The van der Waals surface area contributed by atoms with Crippen LogP contribution in [0.1, 0.15) is 32.8 Å². The number of benzene rings is 1. The predicted octanol–water partition coefficient (Wildman–Crippen LogP) is 4.66. The van der Waals surface area contributed by atoms with Crippen LogP contribution in [0, 0.1) is 0 Å². The Labute approximate surface area is 181 Å². The number of esters is 1. The molecule has 1 atom stereocenters. The van der Waals surface area contributed by atoms with Crippen LogP contribution >= 0.6 is 23.4 Å². The molecular formula is C21H28ClNO5S. The maximum atomic E-state index is 12.0. The molecule has 1 aromatic carbocycles. The average molecular weight is 442 g/mol. The molecule has 1 unspecified atom stereocenters. The van der Waals surface area contributed by atoms with Gasteiger partial charge in [0.2, 0.25) is 0 Å². The molecule has 160 valence electrons. The molecule has 1 saturated heterocycles. The molecule has 1 aromatic rings. The van der Waals surface area contributed by atoms with Crippen molar-refractivity contribution in [3.63, 3.8) is 0 Å². The Kier molecular flexibility index (Phi) is 9.84. The summed E-state index contributed by atoms with van der Waals surface area (Å²) in [6.07, 6.45) is 1.48. The SMILES string of the molecule is CCOC(=O)/C=C1\CN(Cc2ccccc2Cl)CCC1SCOC(=O)OC(C)C. The molecule has 29 heavy (non-hydrogen) atoms. The molecule has 0 saturated carbocycles. The number of likely N-dealkylation sites (tertiary alicyclic amines) is 1. The van der Waals surface area contributed by atoms with Crippen LogP contribution in [0.15, 0.2) is 35.9 Å². The Morgan fingerprint density at radius 3 is 2.76 bits per heavy atom. The second-order valence-electron chi connectivity index (χ2n) is 6.90. The number of ether oxygens (including phenoxy) is 3. The lowest BCUT2D eigenvalue weighted by Gasteiger charge is -2.34. The normalized spacial score (nSPS) is 18.7. The number of piperidine rings is 1. The van der Waals surface area contributed by atoms with Crippen molar-refractivity contribution in [1.29, 1.82) is 0 Å². The van der Waals surface area contributed by atoms with Crippen molar-refractivity contribution < 1.29 is 23.8 Å². The first-order valence-corrected chi connectivity index (χ1v) is 11.1. The van der Waals surface area contributed by atoms with Crippen LogP contribution in [0.2, 0.25) is 5.02 Å². The standard InChI is InChI=1S/C21H28ClNO5S/c1-4-26-20(24)11-17-13-23(12-16-7-5-6-8-18(16)22)10-9-19(17)29-14-27-21(25)28-15(2)3/h5-8,11,15,19H,4,9-10,12-14H2,1-3H3/b17-11+. The summed E-state index contributed by atoms with van der Waals surface area (Å²) in [7, 11) is 0. The van der Waals surface area contributed by atoms with E-state index in [1.165, 1.54) is 11.8 Å². The van der Waals surface area contributed by atoms with Gasteiger partial charge in [-0.25, -0.2) is 9.59 Å². The minimum absolute atomic E-state index is 0.0637. The summed E-state index contributed by atoms with van der Waals surface area (Å²) in [5.74, 6) is -0.186. The zero-order valence-electron chi connectivity index (χ0n) is 17.1. The molecule has 0 aromatic heterocycles. The summed E-state index contributed by atoms with van der Waals surface area (Å²) in [5, 5.41) is 0.797. The van der Waals surface area contributed by atoms with Crippen LogP contribution in [0.4, 0.5) is 4.79 Å². The topological polar surface area (TPSA) is 65.1 Å². The third-order valence-corrected chi connectivity index (χ3v) is 5.81. The summed E-state index contributed by atoms with van der Waals surface area (Å²) in [6.45, 7) is 7.81. The molecule has 1 heterocycles. The van der Waals surface area contributed by atoms with Crippen molar-refractivity contribution in [2.45, 2.75) is 45.1 Å². The Morgan fingerprint density at radius 1 is 1.31 bits per heavy atom. The minimum atomic E-state index is -0.681. The molecule has 1 aliphatic rings. The fourth-order valence-electron chi connectivity index (χ4n) is 2.98. The van der Waals surface area contributed by atoms with E-state index in [1.54, 1.807) is 26.8 Å². The second kappa shape index (κ2) is 12.1. The van der Waals surface area contributed by atoms with Crippen molar-refractivity contribution >= 4 is 35.5 Å². The second-order valence-corrected chi connectivity index (χ2v) is 8.44. The van der Waals surface area contributed by atoms with Crippen LogP contribution < -0.4 is 0 Å². The molecule has 0 spiro atoms. The highest BCUT2D eigenvalue weighted by molar-refractivity contribution is 7.99. The predicted molar refractivity (Wildman–Crippen MR) is 115 cm³/mol. The highest BCUT2D eigenvalue weighted by atomic mass is 35.5. The quantitative estimate of drug-likeness (QED) is 0.330. The summed E-state index contributed by atoms with van der Waals surface area (Å²) in [5.41, 5.74) is 2.00. The molecule has 0 bridgehead atoms. The van der Waals surface area contributed by atoms with Gasteiger partial charge in [0.15, 0.2) is 0 Å². The van der Waals surface area contributed by atoms with Crippen molar-refractivity contribution in [3.8, 4) is 0 Å². The molecular weight excluding hydrogens is 414 g/mol. The first-order valence-electron chi connectivity index (χ1n) is 9.67. The first kappa shape index (κ1) is 23.6. The lowest BCUT2D eigenvalue weighted by molar-refractivity contribution is -0.137. The van der Waals surface area contributed by atoms with Crippen molar-refractivity contribution in [1.82, 2.24) is 4.90 Å². The van der Waals surface area contributed by atoms with Crippen LogP contribution in [-0.4, -0.2) is 54.0 Å². The summed E-state index contributed by atoms with van der Waals surface area (Å²) in [6, 6.07) is 7.76. The number of rotatable bonds is 8. The summed E-state index contributed by atoms with van der Waals surface area (Å²) >= 11 is 7.77. The smallest absolute Gasteiger partial charge is 0.463 e. The lowest BCUT2D eigenvalue weighted by atomic mass is 10.0. The van der Waals surface area contributed by atoms with E-state index in [9.17, 15) is 9.59 Å². The van der Waals surface area contributed by atoms with Gasteiger partial charge in [-0.15, -0.1) is 11.8 Å². The maximum Gasteiger partial charge on any atom is 0.509 e. The van der Waals surface area contributed by atoms with Crippen LogP contribution in [-0.2, 0) is 25.5 Å². The van der Waals surface area contributed by atoms with Crippen LogP contribution in [0.3, 0.4) is 0 Å². The van der Waals surface area contributed by atoms with E-state index < -0.39 is 6.16 Å². The zero-order chi connectivity index (χ0) is 21.2. The number of thioether (sulfide) groups is 1. The van der Waals surface area contributed by atoms with Crippen molar-refractivity contribution in [2.24, 2.45) is 0 Å². The lowest BCUT2D eigenvalue weighted by Crippen LogP contribution is -2.37. The molecule has 0 aliphatic carbocycles. The van der Waals surface area contributed by atoms with Gasteiger partial charge < -0.3 is 14.2 Å². The van der Waals surface area contributed by atoms with Crippen molar-refractivity contribution in [3.05, 3.63) is 46.5 Å². The summed E-state index contributed by atoms with van der Waals surface area (Å²) in [4.78, 5) is 25.8. The van der Waals surface area contributed by atoms with E-state index in [1.807, 2.05) is 24.3 Å². The Hall–Kier alpha value is -1.70. The van der Waals surface area contributed by atoms with E-state index in [2.05, 4.69) is 4.90 Å². The van der Waals surface area contributed by atoms with E-state index in [0.717, 1.165) is 29.1 Å². The Balaban J connectivity index is 1.99. The highest BCUT2D eigenvalue weighted by Gasteiger charge is 2.26. The minimum Gasteiger partial charge on any atom is -0.463 e. The molecule has 6 nitrogen and oxygen atoms in total. The number of carbonyl (C=O) groups excluding carboxylic acids is 2. The molecule has 1 fully saturated rings. The highest BCUT2D eigenvalue weighted by Crippen LogP contribution is 2.30. The number of halogens is 1. The number of nitrogens with zero attached hydrogens (tertiary/aromatic N) is 1. The van der Waals surface area contributed by atoms with Gasteiger partial charge in [0, 0.05) is 36.0 Å². The fraction of sp³-hybridized carbons (Fsp3) is 0.524. The third-order valence-electron chi connectivity index (χ3n) is 4.25. The van der Waals surface area contributed by atoms with Gasteiger partial charge in [-0.3, -0.25) is 4.90 Å². The molecule has 0 radical (unpaired) electrons. The fourth-order valence-corrected chi connectivity index (χ4v) is 4.13. The number of carbonyl (C=O) groups is 2. The van der Waals surface area contributed by atoms with Gasteiger partial charge in [0.05, 0.1) is 12.7 Å². The largest absolute Gasteiger partial charge is 0.509 e. The first-order chi connectivity index (χ1) is 13.9. The van der Waals surface area contributed by atoms with Gasteiger partial charge >= 0.3 is 12.1 Å². The van der Waals surface area contributed by atoms with Gasteiger partial charge in [-0.1, -0.05) is 29.8 Å². The van der Waals surface area contributed by atoms with E-state index in [0.29, 0.717) is 19.7 Å². The number of hydrogen-bond donors (Lipinski definition) is 0. The van der Waals surface area contributed by atoms with E-state index in [4.69, 9.17) is 25.8 Å². The van der Waals surface area contributed by atoms with Crippen LogP contribution in [0.25, 0.3) is 0 Å². The maximum absolute atomic E-state index is 12.0. The monoisotopic (exact) mass is 441 g/mol. The average Bonchev–Trinajstić information content (AvgIpc) is 2.65. The van der Waals surface area contributed by atoms with E-state index >= 15 is 0 Å². The van der Waals surface area contributed by atoms with Crippen molar-refractivity contribution in [2.75, 3.05) is 25.6 Å². The molecule has 0 amide bonds. The van der Waals surface area contributed by atoms with Gasteiger partial charge in [0.25, 0.3) is 0 Å². The summed E-state index contributed by atoms with van der Waals surface area (Å²) < 4.78 is 15.2. The van der Waals surface area contributed by atoms with Gasteiger partial charge in [0.1, 0.15) is 5.94 Å². The van der Waals surface area contributed by atoms with Crippen LogP contribution in [0.5, 0.6) is 0 Å². The molecule has 0 N–H and O–H groups in total. The molecule has 8 heteroatoms. The van der Waals surface area contributed by atoms with E-state index in [-0.39, 0.29) is 23.3 Å². The zero-order valence-corrected chi connectivity index (χ0v) is 18.6. The number of hydrogen-bond acceptors (Lipinski definition) is 7.